The number of halogens is 2. The van der Waals surface area contributed by atoms with Gasteiger partial charge >= 0.3 is 0 Å². The third-order valence-electron chi connectivity index (χ3n) is 4.57. The number of hydrogen-bond acceptors (Lipinski definition) is 3. The summed E-state index contributed by atoms with van der Waals surface area (Å²) < 4.78 is 26.7. The van der Waals surface area contributed by atoms with Crippen molar-refractivity contribution >= 4 is 28.3 Å². The molecule has 0 saturated heterocycles. The van der Waals surface area contributed by atoms with Crippen molar-refractivity contribution in [3.05, 3.63) is 89.8 Å². The van der Waals surface area contributed by atoms with Crippen LogP contribution in [0.5, 0.6) is 0 Å². The van der Waals surface area contributed by atoms with Crippen molar-refractivity contribution in [1.29, 1.82) is 0 Å². The molecule has 2 aromatic carbocycles. The highest BCUT2D eigenvalue weighted by Gasteiger charge is 2.09. The number of rotatable bonds is 6. The zero-order chi connectivity index (χ0) is 20.2. The van der Waals surface area contributed by atoms with Crippen molar-refractivity contribution in [1.82, 2.24) is 15.3 Å². The van der Waals surface area contributed by atoms with E-state index in [1.54, 1.807) is 12.1 Å². The monoisotopic (exact) mass is 392 g/mol. The van der Waals surface area contributed by atoms with E-state index in [0.29, 0.717) is 24.3 Å². The fourth-order valence-electron chi connectivity index (χ4n) is 3.08. The van der Waals surface area contributed by atoms with Crippen LogP contribution in [0.3, 0.4) is 0 Å². The second kappa shape index (κ2) is 8.10. The van der Waals surface area contributed by atoms with Gasteiger partial charge < -0.3 is 15.6 Å². The van der Waals surface area contributed by atoms with Crippen molar-refractivity contribution in [3.8, 4) is 0 Å². The fraction of sp³-hybridized carbons (Fsp3) is 0.0909. The van der Waals surface area contributed by atoms with E-state index in [2.05, 4.69) is 20.6 Å². The molecule has 0 saturated carbocycles. The first kappa shape index (κ1) is 18.6. The second-order valence-electron chi connectivity index (χ2n) is 6.55. The molecule has 2 aromatic heterocycles. The molecule has 0 bridgehead atoms. The number of amides is 1. The summed E-state index contributed by atoms with van der Waals surface area (Å²) in [5, 5.41) is 6.77. The molecular weight excluding hydrogens is 374 g/mol. The van der Waals surface area contributed by atoms with Crippen LogP contribution < -0.4 is 10.6 Å². The summed E-state index contributed by atoms with van der Waals surface area (Å²) in [6, 6.07) is 14.4. The Morgan fingerprint density at radius 3 is 2.72 bits per heavy atom. The zero-order valence-electron chi connectivity index (χ0n) is 15.4. The van der Waals surface area contributed by atoms with Gasteiger partial charge in [0, 0.05) is 35.9 Å². The van der Waals surface area contributed by atoms with E-state index in [1.165, 1.54) is 12.3 Å². The molecule has 0 aliphatic rings. The van der Waals surface area contributed by atoms with Gasteiger partial charge in [-0.15, -0.1) is 0 Å². The SMILES string of the molecule is O=C(NCCc1c[nH]c2ccccc12)c1ccc(Nc2ccc(F)cc2F)nc1. The molecule has 0 fully saturated rings. The van der Waals surface area contributed by atoms with Crippen LogP contribution in [-0.2, 0) is 6.42 Å². The van der Waals surface area contributed by atoms with Gasteiger partial charge in [-0.05, 0) is 42.3 Å². The summed E-state index contributed by atoms with van der Waals surface area (Å²) in [5.74, 6) is -1.26. The van der Waals surface area contributed by atoms with Crippen molar-refractivity contribution in [2.45, 2.75) is 6.42 Å². The predicted molar refractivity (Wildman–Crippen MR) is 108 cm³/mol. The Balaban J connectivity index is 1.34. The third kappa shape index (κ3) is 4.24. The summed E-state index contributed by atoms with van der Waals surface area (Å²) in [6.45, 7) is 0.488. The molecule has 5 nitrogen and oxygen atoms in total. The molecule has 29 heavy (non-hydrogen) atoms. The van der Waals surface area contributed by atoms with E-state index in [4.69, 9.17) is 0 Å². The normalized spacial score (nSPS) is 10.8. The number of anilines is 2. The minimum Gasteiger partial charge on any atom is -0.361 e. The molecule has 3 N–H and O–H groups in total. The Kier molecular flexibility index (Phi) is 5.20. The second-order valence-corrected chi connectivity index (χ2v) is 6.55. The van der Waals surface area contributed by atoms with E-state index in [1.807, 2.05) is 30.5 Å². The zero-order valence-corrected chi connectivity index (χ0v) is 15.4. The van der Waals surface area contributed by atoms with Gasteiger partial charge in [-0.2, -0.15) is 0 Å². The van der Waals surface area contributed by atoms with Crippen molar-refractivity contribution in [3.63, 3.8) is 0 Å². The number of benzene rings is 2. The number of hydrogen-bond donors (Lipinski definition) is 3. The third-order valence-corrected chi connectivity index (χ3v) is 4.57. The maximum Gasteiger partial charge on any atom is 0.252 e. The smallest absolute Gasteiger partial charge is 0.252 e. The lowest BCUT2D eigenvalue weighted by atomic mass is 10.1. The average Bonchev–Trinajstić information content (AvgIpc) is 3.14. The Hall–Kier alpha value is -3.74. The number of para-hydroxylation sites is 1. The van der Waals surface area contributed by atoms with Gasteiger partial charge in [0.15, 0.2) is 0 Å². The summed E-state index contributed by atoms with van der Waals surface area (Å²) >= 11 is 0. The molecule has 0 unspecified atom stereocenters. The van der Waals surface area contributed by atoms with Crippen LogP contribution in [0.1, 0.15) is 15.9 Å². The van der Waals surface area contributed by atoms with Crippen LogP contribution in [0, 0.1) is 11.6 Å². The van der Waals surface area contributed by atoms with Crippen LogP contribution >= 0.6 is 0 Å². The molecule has 0 radical (unpaired) electrons. The first-order chi connectivity index (χ1) is 14.1. The van der Waals surface area contributed by atoms with Crippen molar-refractivity contribution < 1.29 is 13.6 Å². The molecular formula is C22H18F2N4O. The van der Waals surface area contributed by atoms with Gasteiger partial charge in [0.05, 0.1) is 11.3 Å². The standard InChI is InChI=1S/C22H18F2N4O/c23-16-6-7-20(18(24)11-16)28-21-8-5-15(13-27-21)22(29)25-10-9-14-12-26-19-4-2-1-3-17(14)19/h1-8,11-13,26H,9-10H2,(H,25,29)(H,27,28). The van der Waals surface area contributed by atoms with Gasteiger partial charge in [-0.25, -0.2) is 13.8 Å². The van der Waals surface area contributed by atoms with Gasteiger partial charge in [-0.1, -0.05) is 18.2 Å². The molecule has 0 aliphatic carbocycles. The Labute approximate surface area is 165 Å². The number of nitrogens with one attached hydrogen (secondary N) is 3. The topological polar surface area (TPSA) is 69.8 Å². The summed E-state index contributed by atoms with van der Waals surface area (Å²) in [5.41, 5.74) is 2.71. The molecule has 7 heteroatoms. The highest BCUT2D eigenvalue weighted by molar-refractivity contribution is 5.94. The fourth-order valence-corrected chi connectivity index (χ4v) is 3.08. The summed E-state index contributed by atoms with van der Waals surface area (Å²) in [6.07, 6.45) is 4.06. The highest BCUT2D eigenvalue weighted by atomic mass is 19.1. The number of H-pyrrole nitrogens is 1. The van der Waals surface area contributed by atoms with E-state index in [9.17, 15) is 13.6 Å². The van der Waals surface area contributed by atoms with Crippen molar-refractivity contribution in [2.75, 3.05) is 11.9 Å². The average molecular weight is 392 g/mol. The van der Waals surface area contributed by atoms with E-state index < -0.39 is 11.6 Å². The van der Waals surface area contributed by atoms with Gasteiger partial charge in [0.25, 0.3) is 5.91 Å². The van der Waals surface area contributed by atoms with Crippen LogP contribution in [0.25, 0.3) is 10.9 Å². The number of carbonyl (C=O) groups is 1. The lowest BCUT2D eigenvalue weighted by Gasteiger charge is -2.08. The van der Waals surface area contributed by atoms with E-state index in [0.717, 1.165) is 28.6 Å². The Morgan fingerprint density at radius 2 is 1.93 bits per heavy atom. The van der Waals surface area contributed by atoms with Crippen LogP contribution in [0.2, 0.25) is 0 Å². The highest BCUT2D eigenvalue weighted by Crippen LogP contribution is 2.20. The number of carbonyl (C=O) groups excluding carboxylic acids is 1. The maximum absolute atomic E-state index is 13.7. The van der Waals surface area contributed by atoms with E-state index >= 15 is 0 Å². The summed E-state index contributed by atoms with van der Waals surface area (Å²) in [4.78, 5) is 19.7. The van der Waals surface area contributed by atoms with Gasteiger partial charge in [0.1, 0.15) is 17.5 Å². The maximum atomic E-state index is 13.7. The molecule has 0 atom stereocenters. The van der Waals surface area contributed by atoms with Gasteiger partial charge in [0.2, 0.25) is 0 Å². The molecule has 4 rings (SSSR count). The van der Waals surface area contributed by atoms with Crippen LogP contribution in [0.4, 0.5) is 20.3 Å². The molecule has 0 spiro atoms. The Bertz CT molecular complexity index is 1160. The predicted octanol–water partition coefficient (Wildman–Crippen LogP) is 4.56. The number of pyridine rings is 1. The number of fused-ring (bicyclic) bond motifs is 1. The van der Waals surface area contributed by atoms with E-state index in [-0.39, 0.29) is 11.6 Å². The molecule has 1 amide bonds. The Morgan fingerprint density at radius 1 is 1.07 bits per heavy atom. The number of aromatic amines is 1. The van der Waals surface area contributed by atoms with Gasteiger partial charge in [-0.3, -0.25) is 4.79 Å². The molecule has 4 aromatic rings. The lowest BCUT2D eigenvalue weighted by molar-refractivity contribution is 0.0954. The minimum absolute atomic E-state index is 0.106. The molecule has 2 heterocycles. The minimum atomic E-state index is -0.717. The van der Waals surface area contributed by atoms with Crippen molar-refractivity contribution in [2.24, 2.45) is 0 Å². The quantitative estimate of drug-likeness (QED) is 0.451. The van der Waals surface area contributed by atoms with Crippen LogP contribution in [-0.4, -0.2) is 22.4 Å². The summed E-state index contributed by atoms with van der Waals surface area (Å²) in [7, 11) is 0. The lowest BCUT2D eigenvalue weighted by Crippen LogP contribution is -2.25. The number of aromatic nitrogens is 2. The first-order valence-electron chi connectivity index (χ1n) is 9.11. The largest absolute Gasteiger partial charge is 0.361 e. The molecule has 0 aliphatic heterocycles. The number of nitrogens with zero attached hydrogens (tertiary/aromatic N) is 1. The first-order valence-corrected chi connectivity index (χ1v) is 9.11. The molecule has 146 valence electrons. The van der Waals surface area contributed by atoms with Crippen LogP contribution in [0.15, 0.2) is 67.0 Å².